The molecule has 0 saturated heterocycles. The highest BCUT2D eigenvalue weighted by molar-refractivity contribution is 5.92. The minimum absolute atomic E-state index is 0.317. The van der Waals surface area contributed by atoms with Crippen LogP contribution in [0, 0.1) is 0 Å². The molecule has 0 aliphatic carbocycles. The average Bonchev–Trinajstić information content (AvgIpc) is 2.46. The first kappa shape index (κ1) is 19.8. The van der Waals surface area contributed by atoms with Crippen molar-refractivity contribution in [3.8, 4) is 0 Å². The van der Waals surface area contributed by atoms with Gasteiger partial charge in [0.05, 0.1) is 13.2 Å². The number of amides is 2. The van der Waals surface area contributed by atoms with Gasteiger partial charge in [-0.3, -0.25) is 14.4 Å². The highest BCUT2D eigenvalue weighted by atomic mass is 16.4. The van der Waals surface area contributed by atoms with Crippen LogP contribution in [-0.2, 0) is 19.2 Å². The van der Waals surface area contributed by atoms with Crippen LogP contribution in [-0.4, -0.2) is 75.5 Å². The molecule has 0 fully saturated rings. The Morgan fingerprint density at radius 1 is 0.909 bits per heavy atom. The maximum atomic E-state index is 11.9. The first-order chi connectivity index (χ1) is 10.2. The number of rotatable bonds is 10. The van der Waals surface area contributed by atoms with E-state index < -0.39 is 61.5 Å². The van der Waals surface area contributed by atoms with E-state index in [0.29, 0.717) is 0 Å². The van der Waals surface area contributed by atoms with Crippen molar-refractivity contribution in [2.75, 3.05) is 13.2 Å². The Labute approximate surface area is 125 Å². The van der Waals surface area contributed by atoms with Crippen molar-refractivity contribution < 1.29 is 39.6 Å². The number of hydrogen-bond donors (Lipinski definition) is 7. The molecule has 3 atom stereocenters. The van der Waals surface area contributed by atoms with E-state index in [9.17, 15) is 19.2 Å². The Balaban J connectivity index is 4.89. The van der Waals surface area contributed by atoms with Gasteiger partial charge < -0.3 is 36.8 Å². The van der Waals surface area contributed by atoms with E-state index in [2.05, 4.69) is 5.32 Å². The second-order valence-electron chi connectivity index (χ2n) is 4.36. The van der Waals surface area contributed by atoms with E-state index in [1.54, 1.807) is 0 Å². The molecule has 11 heteroatoms. The zero-order valence-corrected chi connectivity index (χ0v) is 11.6. The van der Waals surface area contributed by atoms with Gasteiger partial charge in [-0.1, -0.05) is 0 Å². The van der Waals surface area contributed by atoms with Gasteiger partial charge in [-0.2, -0.15) is 0 Å². The lowest BCUT2D eigenvalue weighted by Crippen LogP contribution is -2.55. The van der Waals surface area contributed by atoms with Crippen molar-refractivity contribution in [1.82, 2.24) is 10.6 Å². The maximum absolute atomic E-state index is 11.9. The van der Waals surface area contributed by atoms with Crippen molar-refractivity contribution in [2.45, 2.75) is 31.0 Å². The van der Waals surface area contributed by atoms with Crippen LogP contribution in [0.1, 0.15) is 12.8 Å². The van der Waals surface area contributed by atoms with Gasteiger partial charge in [0.15, 0.2) is 0 Å². The summed E-state index contributed by atoms with van der Waals surface area (Å²) in [5.74, 6) is -4.60. The van der Waals surface area contributed by atoms with Gasteiger partial charge >= 0.3 is 11.9 Å². The molecule has 0 rings (SSSR count). The van der Waals surface area contributed by atoms with Gasteiger partial charge in [-0.25, -0.2) is 4.79 Å². The molecule has 3 unspecified atom stereocenters. The lowest BCUT2D eigenvalue weighted by atomic mass is 10.1. The number of carbonyl (C=O) groups is 4. The van der Waals surface area contributed by atoms with Crippen LogP contribution < -0.4 is 16.4 Å². The number of aliphatic hydroxyl groups is 2. The molecule has 126 valence electrons. The number of carbonyl (C=O) groups excluding carboxylic acids is 2. The quantitative estimate of drug-likeness (QED) is 0.211. The van der Waals surface area contributed by atoms with E-state index in [4.69, 9.17) is 26.2 Å². The summed E-state index contributed by atoms with van der Waals surface area (Å²) in [6.45, 7) is -1.57. The average molecular weight is 321 g/mol. The molecule has 0 aromatic rings. The fraction of sp³-hybridized carbons (Fsp3) is 0.636. The maximum Gasteiger partial charge on any atom is 0.328 e. The summed E-state index contributed by atoms with van der Waals surface area (Å²) >= 11 is 0. The highest BCUT2D eigenvalue weighted by Gasteiger charge is 2.27. The molecule has 0 spiro atoms. The fourth-order valence-corrected chi connectivity index (χ4v) is 1.36. The number of nitrogens with two attached hydrogens (primary N) is 1. The van der Waals surface area contributed by atoms with Crippen LogP contribution >= 0.6 is 0 Å². The SMILES string of the molecule is NC(CO)C(=O)NC(CCC(=O)O)C(=O)NC(CO)C(=O)O. The summed E-state index contributed by atoms with van der Waals surface area (Å²) in [7, 11) is 0. The van der Waals surface area contributed by atoms with Crippen LogP contribution in [0.5, 0.6) is 0 Å². The van der Waals surface area contributed by atoms with Gasteiger partial charge in [0.25, 0.3) is 0 Å². The molecular formula is C11H19N3O8. The zero-order chi connectivity index (χ0) is 17.3. The number of aliphatic carboxylic acids is 2. The monoisotopic (exact) mass is 321 g/mol. The predicted octanol–water partition coefficient (Wildman–Crippen LogP) is -3.78. The van der Waals surface area contributed by atoms with Gasteiger partial charge in [-0.15, -0.1) is 0 Å². The molecule has 2 amide bonds. The summed E-state index contributed by atoms with van der Waals surface area (Å²) in [5.41, 5.74) is 5.25. The van der Waals surface area contributed by atoms with Crippen molar-refractivity contribution in [2.24, 2.45) is 5.73 Å². The largest absolute Gasteiger partial charge is 0.481 e. The Morgan fingerprint density at radius 2 is 1.45 bits per heavy atom. The number of carboxylic acid groups (broad SMARTS) is 2. The number of aliphatic hydroxyl groups excluding tert-OH is 2. The van der Waals surface area contributed by atoms with Crippen LogP contribution in [0.2, 0.25) is 0 Å². The minimum Gasteiger partial charge on any atom is -0.481 e. The standard InChI is InChI=1S/C11H19N3O8/c12-5(3-15)9(19)13-6(1-2-8(17)18)10(20)14-7(4-16)11(21)22/h5-7,15-16H,1-4,12H2,(H,13,19)(H,14,20)(H,17,18)(H,21,22). The summed E-state index contributed by atoms with van der Waals surface area (Å²) in [5, 5.41) is 39.0. The van der Waals surface area contributed by atoms with E-state index in [0.717, 1.165) is 0 Å². The zero-order valence-electron chi connectivity index (χ0n) is 11.6. The summed E-state index contributed by atoms with van der Waals surface area (Å²) in [6.07, 6.45) is -0.785. The third-order valence-electron chi connectivity index (χ3n) is 2.61. The van der Waals surface area contributed by atoms with Gasteiger partial charge in [0, 0.05) is 6.42 Å². The topological polar surface area (TPSA) is 199 Å². The number of nitrogens with one attached hydrogen (secondary N) is 2. The van der Waals surface area contributed by atoms with Gasteiger partial charge in [-0.05, 0) is 6.42 Å². The first-order valence-electron chi connectivity index (χ1n) is 6.25. The third-order valence-corrected chi connectivity index (χ3v) is 2.61. The van der Waals surface area contributed by atoms with Crippen molar-refractivity contribution in [1.29, 1.82) is 0 Å². The molecule has 0 aliphatic rings. The van der Waals surface area contributed by atoms with E-state index in [1.807, 2.05) is 5.32 Å². The third kappa shape index (κ3) is 6.97. The highest BCUT2D eigenvalue weighted by Crippen LogP contribution is 2.00. The van der Waals surface area contributed by atoms with E-state index in [-0.39, 0.29) is 6.42 Å². The molecule has 11 nitrogen and oxygen atoms in total. The summed E-state index contributed by atoms with van der Waals surface area (Å²) in [4.78, 5) is 44.7. The molecule has 0 aromatic heterocycles. The molecule has 0 heterocycles. The minimum atomic E-state index is -1.59. The van der Waals surface area contributed by atoms with Crippen LogP contribution in [0.25, 0.3) is 0 Å². The fourth-order valence-electron chi connectivity index (χ4n) is 1.36. The first-order valence-corrected chi connectivity index (χ1v) is 6.25. The normalized spacial score (nSPS) is 14.5. The van der Waals surface area contributed by atoms with E-state index >= 15 is 0 Å². The number of hydrogen-bond acceptors (Lipinski definition) is 7. The van der Waals surface area contributed by atoms with Crippen molar-refractivity contribution >= 4 is 23.8 Å². The lowest BCUT2D eigenvalue weighted by Gasteiger charge is -2.21. The Hall–Kier alpha value is -2.24. The molecule has 0 aromatic carbocycles. The lowest BCUT2D eigenvalue weighted by molar-refractivity contribution is -0.144. The Bertz CT molecular complexity index is 428. The van der Waals surface area contributed by atoms with Crippen LogP contribution in [0.15, 0.2) is 0 Å². The second kappa shape index (κ2) is 9.65. The smallest absolute Gasteiger partial charge is 0.328 e. The summed E-state index contributed by atoms with van der Waals surface area (Å²) < 4.78 is 0. The molecular weight excluding hydrogens is 302 g/mol. The van der Waals surface area contributed by atoms with Crippen LogP contribution in [0.4, 0.5) is 0 Å². The molecule has 0 bridgehead atoms. The molecule has 8 N–H and O–H groups in total. The predicted molar refractivity (Wildman–Crippen MR) is 70.5 cm³/mol. The van der Waals surface area contributed by atoms with Crippen molar-refractivity contribution in [3.63, 3.8) is 0 Å². The number of carboxylic acids is 2. The van der Waals surface area contributed by atoms with Crippen molar-refractivity contribution in [3.05, 3.63) is 0 Å². The Morgan fingerprint density at radius 3 is 1.86 bits per heavy atom. The van der Waals surface area contributed by atoms with E-state index in [1.165, 1.54) is 0 Å². The molecule has 0 aliphatic heterocycles. The van der Waals surface area contributed by atoms with Crippen LogP contribution in [0.3, 0.4) is 0 Å². The molecule has 22 heavy (non-hydrogen) atoms. The Kier molecular flexibility index (Phi) is 8.67. The van der Waals surface area contributed by atoms with Gasteiger partial charge in [0.2, 0.25) is 11.8 Å². The molecule has 0 saturated carbocycles. The summed E-state index contributed by atoms with van der Waals surface area (Å²) in [6, 6.07) is -4.27. The molecule has 0 radical (unpaired) electrons. The van der Waals surface area contributed by atoms with Gasteiger partial charge in [0.1, 0.15) is 18.1 Å². The second-order valence-corrected chi connectivity index (χ2v) is 4.36.